The molecule has 0 amide bonds. The van der Waals surface area contributed by atoms with Crippen molar-refractivity contribution in [2.45, 2.75) is 17.4 Å². The number of aliphatic hydroxyl groups is 1. The number of hydrogen-bond donors (Lipinski definition) is 2. The monoisotopic (exact) mass is 329 g/mol. The quantitative estimate of drug-likeness (QED) is 0.840. The molecule has 0 aliphatic rings. The molecule has 0 bridgehead atoms. The van der Waals surface area contributed by atoms with Crippen molar-refractivity contribution in [3.05, 3.63) is 48.2 Å². The summed E-state index contributed by atoms with van der Waals surface area (Å²) >= 11 is 0. The van der Waals surface area contributed by atoms with Gasteiger partial charge in [-0.05, 0) is 37.3 Å². The summed E-state index contributed by atoms with van der Waals surface area (Å²) in [6.45, 7) is 1.06. The molecule has 8 heteroatoms. The van der Waals surface area contributed by atoms with Gasteiger partial charge in [0.2, 0.25) is 10.0 Å². The first-order chi connectivity index (χ1) is 10.3. The Morgan fingerprint density at radius 2 is 2.14 bits per heavy atom. The van der Waals surface area contributed by atoms with Crippen LogP contribution in [0, 0.1) is 5.82 Å². The first kappa shape index (κ1) is 16.5. The summed E-state index contributed by atoms with van der Waals surface area (Å²) in [4.78, 5) is -0.342. The molecular weight excluding hydrogens is 313 g/mol. The van der Waals surface area contributed by atoms with Crippen LogP contribution in [-0.4, -0.2) is 27.2 Å². The minimum atomic E-state index is -4.07. The maximum absolute atomic E-state index is 13.3. The van der Waals surface area contributed by atoms with Gasteiger partial charge in [0.15, 0.2) is 0 Å². The molecule has 0 radical (unpaired) electrons. The summed E-state index contributed by atoms with van der Waals surface area (Å²) in [6, 6.07) is 6.26. The molecule has 0 fully saturated rings. The Labute approximate surface area is 127 Å². The predicted molar refractivity (Wildman–Crippen MR) is 76.4 cm³/mol. The molecule has 120 valence electrons. The first-order valence-electron chi connectivity index (χ1n) is 6.36. The Morgan fingerprint density at radius 3 is 2.73 bits per heavy atom. The lowest BCUT2D eigenvalue weighted by Crippen LogP contribution is -2.38. The van der Waals surface area contributed by atoms with E-state index in [1.54, 1.807) is 6.07 Å². The van der Waals surface area contributed by atoms with E-state index in [0.717, 1.165) is 12.1 Å². The number of nitrogens with one attached hydrogen (secondary N) is 1. The van der Waals surface area contributed by atoms with Crippen molar-refractivity contribution in [2.75, 3.05) is 13.7 Å². The van der Waals surface area contributed by atoms with Gasteiger partial charge in [0, 0.05) is 6.54 Å². The molecule has 22 heavy (non-hydrogen) atoms. The van der Waals surface area contributed by atoms with Crippen molar-refractivity contribution in [1.82, 2.24) is 4.72 Å². The van der Waals surface area contributed by atoms with E-state index in [1.807, 2.05) is 0 Å². The van der Waals surface area contributed by atoms with E-state index < -0.39 is 21.4 Å². The molecule has 1 heterocycles. The number of hydrogen-bond acceptors (Lipinski definition) is 5. The van der Waals surface area contributed by atoms with Gasteiger partial charge in [0.1, 0.15) is 27.8 Å². The molecule has 2 rings (SSSR count). The number of rotatable bonds is 6. The molecule has 0 saturated carbocycles. The second-order valence-corrected chi connectivity index (χ2v) is 6.61. The van der Waals surface area contributed by atoms with Crippen LogP contribution in [0.5, 0.6) is 5.75 Å². The Balaban J connectivity index is 2.24. The van der Waals surface area contributed by atoms with Crippen LogP contribution in [0.25, 0.3) is 0 Å². The molecule has 1 aromatic carbocycles. The van der Waals surface area contributed by atoms with Gasteiger partial charge in [0.05, 0.1) is 13.4 Å². The fraction of sp³-hybridized carbons (Fsp3) is 0.286. The van der Waals surface area contributed by atoms with Crippen LogP contribution in [0.1, 0.15) is 12.7 Å². The van der Waals surface area contributed by atoms with E-state index in [0.29, 0.717) is 0 Å². The Hall–Kier alpha value is -1.90. The third-order valence-electron chi connectivity index (χ3n) is 3.07. The van der Waals surface area contributed by atoms with Crippen molar-refractivity contribution in [2.24, 2.45) is 0 Å². The Morgan fingerprint density at radius 1 is 1.41 bits per heavy atom. The number of ether oxygens (including phenoxy) is 1. The lowest BCUT2D eigenvalue weighted by Gasteiger charge is -2.21. The third-order valence-corrected chi connectivity index (χ3v) is 4.50. The number of furan rings is 1. The number of halogens is 1. The summed E-state index contributed by atoms with van der Waals surface area (Å²) in [5.41, 5.74) is -1.54. The van der Waals surface area contributed by atoms with Gasteiger partial charge < -0.3 is 14.3 Å². The van der Waals surface area contributed by atoms with Crippen molar-refractivity contribution in [3.63, 3.8) is 0 Å². The molecule has 0 aliphatic carbocycles. The minimum absolute atomic E-state index is 0.00606. The third kappa shape index (κ3) is 3.46. The van der Waals surface area contributed by atoms with E-state index in [4.69, 9.17) is 9.15 Å². The largest absolute Gasteiger partial charge is 0.495 e. The summed E-state index contributed by atoms with van der Waals surface area (Å²) < 4.78 is 50.1. The summed E-state index contributed by atoms with van der Waals surface area (Å²) in [5.74, 6) is -0.494. The summed E-state index contributed by atoms with van der Waals surface area (Å²) in [7, 11) is -2.78. The fourth-order valence-electron chi connectivity index (χ4n) is 1.85. The van der Waals surface area contributed by atoms with E-state index in [9.17, 15) is 17.9 Å². The van der Waals surface area contributed by atoms with Crippen LogP contribution >= 0.6 is 0 Å². The van der Waals surface area contributed by atoms with Crippen LogP contribution in [0.3, 0.4) is 0 Å². The maximum atomic E-state index is 13.3. The van der Waals surface area contributed by atoms with Crippen LogP contribution in [-0.2, 0) is 15.6 Å². The van der Waals surface area contributed by atoms with Crippen LogP contribution < -0.4 is 9.46 Å². The summed E-state index contributed by atoms with van der Waals surface area (Å²) in [5, 5.41) is 10.2. The van der Waals surface area contributed by atoms with E-state index in [1.165, 1.54) is 32.4 Å². The molecule has 1 aromatic heterocycles. The molecule has 1 atom stereocenters. The Kier molecular flexibility index (Phi) is 4.55. The minimum Gasteiger partial charge on any atom is -0.495 e. The molecule has 1 unspecified atom stereocenters. The van der Waals surface area contributed by atoms with E-state index in [-0.39, 0.29) is 22.9 Å². The molecule has 0 aliphatic heterocycles. The molecule has 0 saturated heterocycles. The van der Waals surface area contributed by atoms with Crippen LogP contribution in [0.15, 0.2) is 45.9 Å². The zero-order valence-electron chi connectivity index (χ0n) is 12.0. The van der Waals surface area contributed by atoms with Gasteiger partial charge in [-0.2, -0.15) is 0 Å². The van der Waals surface area contributed by atoms with Gasteiger partial charge in [0.25, 0.3) is 0 Å². The summed E-state index contributed by atoms with van der Waals surface area (Å²) in [6.07, 6.45) is 1.37. The molecular formula is C14H16FNO5S. The van der Waals surface area contributed by atoms with Crippen molar-refractivity contribution < 1.29 is 27.1 Å². The highest BCUT2D eigenvalue weighted by atomic mass is 32.2. The number of methoxy groups -OCH3 is 1. The maximum Gasteiger partial charge on any atom is 0.244 e. The number of benzene rings is 1. The van der Waals surface area contributed by atoms with Gasteiger partial charge in [-0.1, -0.05) is 0 Å². The highest BCUT2D eigenvalue weighted by Gasteiger charge is 2.30. The topological polar surface area (TPSA) is 88.8 Å². The normalized spacial score (nSPS) is 14.5. The van der Waals surface area contributed by atoms with Crippen LogP contribution in [0.2, 0.25) is 0 Å². The Bertz CT molecular complexity index is 741. The smallest absolute Gasteiger partial charge is 0.244 e. The highest BCUT2D eigenvalue weighted by molar-refractivity contribution is 7.89. The lowest BCUT2D eigenvalue weighted by molar-refractivity contribution is 0.0395. The average molecular weight is 329 g/mol. The second-order valence-electron chi connectivity index (χ2n) is 4.87. The lowest BCUT2D eigenvalue weighted by atomic mass is 10.1. The SMILES string of the molecule is COc1ccc(F)cc1S(=O)(=O)NCC(C)(O)c1ccco1. The second kappa shape index (κ2) is 6.07. The predicted octanol–water partition coefficient (Wildman–Crippen LogP) is 1.61. The van der Waals surface area contributed by atoms with Crippen molar-refractivity contribution in [1.29, 1.82) is 0 Å². The van der Waals surface area contributed by atoms with E-state index >= 15 is 0 Å². The van der Waals surface area contributed by atoms with Gasteiger partial charge in [-0.15, -0.1) is 0 Å². The standard InChI is InChI=1S/C14H16FNO5S/c1-14(17,13-4-3-7-21-13)9-16-22(18,19)12-8-10(15)5-6-11(12)20-2/h3-8,16-17H,9H2,1-2H3. The first-order valence-corrected chi connectivity index (χ1v) is 7.84. The highest BCUT2D eigenvalue weighted by Crippen LogP contribution is 2.25. The van der Waals surface area contributed by atoms with E-state index in [2.05, 4.69) is 4.72 Å². The molecule has 2 aromatic rings. The van der Waals surface area contributed by atoms with Crippen molar-refractivity contribution in [3.8, 4) is 5.75 Å². The van der Waals surface area contributed by atoms with Gasteiger partial charge >= 0.3 is 0 Å². The zero-order chi connectivity index (χ0) is 16.4. The molecule has 0 spiro atoms. The van der Waals surface area contributed by atoms with Gasteiger partial charge in [-0.25, -0.2) is 17.5 Å². The molecule has 6 nitrogen and oxygen atoms in total. The molecule has 2 N–H and O–H groups in total. The number of sulfonamides is 1. The average Bonchev–Trinajstić information content (AvgIpc) is 3.00. The zero-order valence-corrected chi connectivity index (χ0v) is 12.9. The van der Waals surface area contributed by atoms with Crippen molar-refractivity contribution >= 4 is 10.0 Å². The fourth-order valence-corrected chi connectivity index (χ4v) is 3.16. The van der Waals surface area contributed by atoms with Crippen LogP contribution in [0.4, 0.5) is 4.39 Å². The van der Waals surface area contributed by atoms with Gasteiger partial charge in [-0.3, -0.25) is 0 Å².